The highest BCUT2D eigenvalue weighted by atomic mass is 19.1. The van der Waals surface area contributed by atoms with Crippen molar-refractivity contribution in [2.45, 2.75) is 12.6 Å². The van der Waals surface area contributed by atoms with Gasteiger partial charge in [-0.25, -0.2) is 4.39 Å². The number of halogens is 1. The Morgan fingerprint density at radius 1 is 1.00 bits per heavy atom. The molecule has 184 valence electrons. The van der Waals surface area contributed by atoms with Gasteiger partial charge < -0.3 is 24.7 Å². The molecular weight excluding hydrogens is 451 g/mol. The molecule has 1 fully saturated rings. The highest BCUT2D eigenvalue weighted by Crippen LogP contribution is 2.25. The predicted octanol–water partition coefficient (Wildman–Crippen LogP) is 2.72. The number of anilines is 1. The van der Waals surface area contributed by atoms with Gasteiger partial charge in [-0.15, -0.1) is 0 Å². The number of amides is 2. The second-order valence-corrected chi connectivity index (χ2v) is 8.25. The summed E-state index contributed by atoms with van der Waals surface area (Å²) in [7, 11) is 1.57. The molecule has 2 N–H and O–H groups in total. The molecule has 0 saturated carbocycles. The quantitative estimate of drug-likeness (QED) is 0.482. The Hall–Kier alpha value is -3.85. The van der Waals surface area contributed by atoms with Gasteiger partial charge in [0.2, 0.25) is 0 Å². The minimum atomic E-state index is -0.713. The molecule has 1 saturated heterocycles. The van der Waals surface area contributed by atoms with Gasteiger partial charge in [0.05, 0.1) is 25.1 Å². The van der Waals surface area contributed by atoms with E-state index in [9.17, 15) is 14.0 Å². The minimum Gasteiger partial charge on any atom is -0.497 e. The smallest absolute Gasteiger partial charge is 0.309 e. The maximum absolute atomic E-state index is 14.2. The average molecular weight is 481 g/mol. The molecule has 1 aromatic heterocycles. The van der Waals surface area contributed by atoms with Crippen LogP contribution >= 0.6 is 0 Å². The second-order valence-electron chi connectivity index (χ2n) is 8.25. The van der Waals surface area contributed by atoms with Crippen LogP contribution in [0.1, 0.15) is 17.4 Å². The van der Waals surface area contributed by atoms with Gasteiger partial charge in [-0.1, -0.05) is 24.3 Å². The molecule has 0 aliphatic carbocycles. The molecule has 2 aromatic carbocycles. The summed E-state index contributed by atoms with van der Waals surface area (Å²) in [5.41, 5.74) is 1.41. The molecule has 1 aliphatic rings. The first kappa shape index (κ1) is 24.3. The molecule has 0 bridgehead atoms. The molecule has 0 unspecified atom stereocenters. The summed E-state index contributed by atoms with van der Waals surface area (Å²) < 4.78 is 25.0. The van der Waals surface area contributed by atoms with E-state index in [1.807, 2.05) is 35.2 Å². The number of nitrogens with one attached hydrogen (secondary N) is 2. The molecule has 1 aliphatic heterocycles. The van der Waals surface area contributed by atoms with E-state index in [0.29, 0.717) is 43.4 Å². The zero-order valence-corrected chi connectivity index (χ0v) is 19.6. The van der Waals surface area contributed by atoms with E-state index >= 15 is 0 Å². The van der Waals surface area contributed by atoms with Crippen molar-refractivity contribution in [3.8, 4) is 5.75 Å². The molecular formula is C26H29FN4O4. The van der Waals surface area contributed by atoms with E-state index in [1.54, 1.807) is 37.6 Å². The molecule has 1 atom stereocenters. The number of hydrogen-bond acceptors (Lipinski definition) is 6. The van der Waals surface area contributed by atoms with E-state index in [1.165, 1.54) is 6.07 Å². The number of hydrogen-bond donors (Lipinski definition) is 2. The zero-order chi connectivity index (χ0) is 24.6. The van der Waals surface area contributed by atoms with Gasteiger partial charge >= 0.3 is 11.8 Å². The lowest BCUT2D eigenvalue weighted by Crippen LogP contribution is -2.51. The first-order chi connectivity index (χ1) is 17.0. The third kappa shape index (κ3) is 6.19. The Morgan fingerprint density at radius 3 is 2.49 bits per heavy atom. The largest absolute Gasteiger partial charge is 0.497 e. The van der Waals surface area contributed by atoms with Gasteiger partial charge in [-0.3, -0.25) is 14.5 Å². The van der Waals surface area contributed by atoms with Crippen molar-refractivity contribution >= 4 is 17.5 Å². The summed E-state index contributed by atoms with van der Waals surface area (Å²) in [6, 6.07) is 17.4. The molecule has 35 heavy (non-hydrogen) atoms. The summed E-state index contributed by atoms with van der Waals surface area (Å²) >= 11 is 0. The highest BCUT2D eigenvalue weighted by Gasteiger charge is 2.28. The van der Waals surface area contributed by atoms with Crippen LogP contribution in [-0.2, 0) is 16.1 Å². The maximum Gasteiger partial charge on any atom is 0.309 e. The summed E-state index contributed by atoms with van der Waals surface area (Å²) in [6.45, 7) is 2.98. The Kier molecular flexibility index (Phi) is 7.99. The lowest BCUT2D eigenvalue weighted by atomic mass is 10.1. The van der Waals surface area contributed by atoms with Crippen molar-refractivity contribution in [2.75, 3.05) is 44.7 Å². The third-order valence-corrected chi connectivity index (χ3v) is 6.07. The summed E-state index contributed by atoms with van der Waals surface area (Å²) in [6.07, 6.45) is 1.58. The lowest BCUT2D eigenvalue weighted by molar-refractivity contribution is -0.139. The number of methoxy groups -OCH3 is 1. The van der Waals surface area contributed by atoms with E-state index in [0.717, 1.165) is 5.56 Å². The monoisotopic (exact) mass is 480 g/mol. The van der Waals surface area contributed by atoms with E-state index in [-0.39, 0.29) is 24.9 Å². The van der Waals surface area contributed by atoms with Crippen molar-refractivity contribution in [3.63, 3.8) is 0 Å². The van der Waals surface area contributed by atoms with Gasteiger partial charge in [0, 0.05) is 39.3 Å². The van der Waals surface area contributed by atoms with Crippen molar-refractivity contribution in [1.29, 1.82) is 0 Å². The van der Waals surface area contributed by atoms with Gasteiger partial charge in [-0.2, -0.15) is 0 Å². The zero-order valence-electron chi connectivity index (χ0n) is 19.6. The number of carbonyl (C=O) groups excluding carboxylic acids is 2. The van der Waals surface area contributed by atoms with Crippen LogP contribution in [0.5, 0.6) is 5.75 Å². The van der Waals surface area contributed by atoms with Crippen molar-refractivity contribution < 1.29 is 23.1 Å². The van der Waals surface area contributed by atoms with Crippen LogP contribution in [0, 0.1) is 5.82 Å². The topological polar surface area (TPSA) is 87.0 Å². The molecule has 4 rings (SSSR count). The number of ether oxygens (including phenoxy) is 1. The van der Waals surface area contributed by atoms with Gasteiger partial charge in [0.25, 0.3) is 0 Å². The Morgan fingerprint density at radius 2 is 1.77 bits per heavy atom. The number of furan rings is 1. The van der Waals surface area contributed by atoms with Crippen LogP contribution in [0.3, 0.4) is 0 Å². The SMILES string of the molecule is COc1cccc(CNC(=O)C(=O)NC[C@@H](c2ccco2)N2CCN(c3ccccc3F)CC2)c1. The summed E-state index contributed by atoms with van der Waals surface area (Å²) in [5, 5.41) is 5.36. The Balaban J connectivity index is 1.32. The number of rotatable bonds is 8. The van der Waals surface area contributed by atoms with Crippen molar-refractivity contribution in [3.05, 3.63) is 84.1 Å². The minimum absolute atomic E-state index is 0.207. The van der Waals surface area contributed by atoms with Crippen LogP contribution < -0.4 is 20.3 Å². The molecule has 0 radical (unpaired) electrons. The highest BCUT2D eigenvalue weighted by molar-refractivity contribution is 6.35. The predicted molar refractivity (Wildman–Crippen MR) is 129 cm³/mol. The summed E-state index contributed by atoms with van der Waals surface area (Å²) in [5.74, 6) is -0.292. The first-order valence-electron chi connectivity index (χ1n) is 11.5. The Labute approximate surface area is 203 Å². The number of benzene rings is 2. The molecule has 2 heterocycles. The van der Waals surface area contributed by atoms with Crippen molar-refractivity contribution in [2.24, 2.45) is 0 Å². The fourth-order valence-corrected chi connectivity index (χ4v) is 4.19. The Bertz CT molecular complexity index is 1130. The first-order valence-corrected chi connectivity index (χ1v) is 11.5. The maximum atomic E-state index is 14.2. The molecule has 8 nitrogen and oxygen atoms in total. The third-order valence-electron chi connectivity index (χ3n) is 6.07. The molecule has 2 amide bonds. The number of para-hydroxylation sites is 1. The fraction of sp³-hybridized carbons (Fsp3) is 0.308. The fourth-order valence-electron chi connectivity index (χ4n) is 4.19. The molecule has 3 aromatic rings. The van der Waals surface area contributed by atoms with Gasteiger partial charge in [0.1, 0.15) is 17.3 Å². The van der Waals surface area contributed by atoms with Crippen LogP contribution in [0.15, 0.2) is 71.3 Å². The number of nitrogens with zero attached hydrogens (tertiary/aromatic N) is 2. The van der Waals surface area contributed by atoms with E-state index in [2.05, 4.69) is 15.5 Å². The van der Waals surface area contributed by atoms with Crippen LogP contribution in [0.2, 0.25) is 0 Å². The summed E-state index contributed by atoms with van der Waals surface area (Å²) in [4.78, 5) is 29.0. The number of carbonyl (C=O) groups is 2. The second kappa shape index (κ2) is 11.5. The number of piperazine rings is 1. The van der Waals surface area contributed by atoms with Crippen LogP contribution in [0.25, 0.3) is 0 Å². The molecule has 9 heteroatoms. The van der Waals surface area contributed by atoms with Crippen molar-refractivity contribution in [1.82, 2.24) is 15.5 Å². The normalized spacial score (nSPS) is 14.9. The van der Waals surface area contributed by atoms with E-state index < -0.39 is 11.8 Å². The van der Waals surface area contributed by atoms with Gasteiger partial charge in [-0.05, 0) is 42.0 Å². The van der Waals surface area contributed by atoms with Crippen LogP contribution in [0.4, 0.5) is 10.1 Å². The molecule has 0 spiro atoms. The van der Waals surface area contributed by atoms with E-state index in [4.69, 9.17) is 9.15 Å². The van der Waals surface area contributed by atoms with Crippen LogP contribution in [-0.4, -0.2) is 56.5 Å². The standard InChI is InChI=1S/C26H29FN4O4/c1-34-20-7-4-6-19(16-20)17-28-25(32)26(33)29-18-23(24-10-5-15-35-24)31-13-11-30(12-14-31)22-9-3-2-8-21(22)27/h2-10,15-16,23H,11-14,17-18H2,1H3,(H,28,32)(H,29,33)/t23-/m0/s1. The average Bonchev–Trinajstić information content (AvgIpc) is 3.43. The van der Waals surface area contributed by atoms with Gasteiger partial charge in [0.15, 0.2) is 0 Å². The lowest BCUT2D eigenvalue weighted by Gasteiger charge is -2.39.